The fourth-order valence-corrected chi connectivity index (χ4v) is 2.68. The number of carbonyl (C=O) groups is 1. The topological polar surface area (TPSA) is 159 Å². The number of hydrogen-bond acceptors (Lipinski definition) is 10. The van der Waals surface area contributed by atoms with E-state index in [0.29, 0.717) is 29.4 Å². The van der Waals surface area contributed by atoms with Crippen molar-refractivity contribution in [3.05, 3.63) is 54.1 Å². The van der Waals surface area contributed by atoms with Gasteiger partial charge in [0, 0.05) is 5.56 Å². The Bertz CT molecular complexity index is 1180. The lowest BCUT2D eigenvalue weighted by atomic mass is 10.1. The van der Waals surface area contributed by atoms with Crippen LogP contribution in [0.1, 0.15) is 29.6 Å². The Kier molecular flexibility index (Phi) is 5.69. The van der Waals surface area contributed by atoms with Crippen molar-refractivity contribution in [1.29, 1.82) is 0 Å². The Labute approximate surface area is 175 Å². The lowest BCUT2D eigenvalue weighted by Gasteiger charge is -2.08. The van der Waals surface area contributed by atoms with Gasteiger partial charge in [0.25, 0.3) is 5.91 Å². The predicted octanol–water partition coefficient (Wildman–Crippen LogP) is 2.05. The van der Waals surface area contributed by atoms with Crippen LogP contribution in [-0.2, 0) is 0 Å². The van der Waals surface area contributed by atoms with Crippen LogP contribution in [0.25, 0.3) is 17.1 Å². The maximum Gasteiger partial charge on any atom is 0.294 e. The molecule has 1 aromatic carbocycles. The van der Waals surface area contributed by atoms with Gasteiger partial charge in [-0.25, -0.2) is 10.1 Å². The second-order valence-corrected chi connectivity index (χ2v) is 6.26. The minimum absolute atomic E-state index is 0.00113. The molecule has 31 heavy (non-hydrogen) atoms. The number of nitrogen functional groups attached to an aromatic ring is 1. The number of ether oxygens (including phenoxy) is 1. The third kappa shape index (κ3) is 4.27. The van der Waals surface area contributed by atoms with E-state index in [1.165, 1.54) is 17.2 Å². The predicted molar refractivity (Wildman–Crippen MR) is 109 cm³/mol. The van der Waals surface area contributed by atoms with Gasteiger partial charge in [0.15, 0.2) is 5.69 Å². The van der Waals surface area contributed by atoms with E-state index in [4.69, 9.17) is 14.9 Å². The van der Waals surface area contributed by atoms with Gasteiger partial charge >= 0.3 is 0 Å². The van der Waals surface area contributed by atoms with Gasteiger partial charge in [-0.3, -0.25) is 4.79 Å². The molecular weight excluding hydrogens is 404 g/mol. The van der Waals surface area contributed by atoms with Crippen LogP contribution < -0.4 is 15.9 Å². The minimum atomic E-state index is -0.592. The van der Waals surface area contributed by atoms with Crippen LogP contribution in [0.5, 0.6) is 5.75 Å². The Hall–Kier alpha value is -4.48. The van der Waals surface area contributed by atoms with Crippen LogP contribution in [-0.4, -0.2) is 44.0 Å². The maximum atomic E-state index is 12.8. The highest BCUT2D eigenvalue weighted by atomic mass is 16.6. The van der Waals surface area contributed by atoms with E-state index in [-0.39, 0.29) is 17.3 Å². The van der Waals surface area contributed by atoms with E-state index in [9.17, 15) is 4.79 Å². The molecule has 12 nitrogen and oxygen atoms in total. The zero-order valence-electron chi connectivity index (χ0n) is 16.4. The number of hydrazone groups is 1. The van der Waals surface area contributed by atoms with E-state index in [1.807, 2.05) is 6.92 Å². The van der Waals surface area contributed by atoms with Gasteiger partial charge in [-0.15, -0.1) is 5.10 Å². The zero-order chi connectivity index (χ0) is 21.6. The lowest BCUT2D eigenvalue weighted by Crippen LogP contribution is -2.19. The van der Waals surface area contributed by atoms with Crippen molar-refractivity contribution in [1.82, 2.24) is 30.7 Å². The summed E-state index contributed by atoms with van der Waals surface area (Å²) < 4.78 is 16.7. The number of nitrogens with zero attached hydrogens (tertiary/aromatic N) is 6. The molecule has 158 valence electrons. The summed E-state index contributed by atoms with van der Waals surface area (Å²) in [4.78, 5) is 12.8. The van der Waals surface area contributed by atoms with E-state index in [1.54, 1.807) is 36.4 Å². The molecule has 0 aliphatic heterocycles. The van der Waals surface area contributed by atoms with Gasteiger partial charge in [-0.1, -0.05) is 12.1 Å². The van der Waals surface area contributed by atoms with E-state index < -0.39 is 5.91 Å². The van der Waals surface area contributed by atoms with E-state index in [0.717, 1.165) is 6.42 Å². The second kappa shape index (κ2) is 8.90. The second-order valence-electron chi connectivity index (χ2n) is 6.26. The maximum absolute atomic E-state index is 12.8. The first-order chi connectivity index (χ1) is 15.2. The van der Waals surface area contributed by atoms with Crippen LogP contribution in [0.2, 0.25) is 0 Å². The van der Waals surface area contributed by atoms with Crippen molar-refractivity contribution in [2.24, 2.45) is 5.10 Å². The Morgan fingerprint density at radius 3 is 2.81 bits per heavy atom. The number of carbonyl (C=O) groups excluding carboxylic acids is 1. The van der Waals surface area contributed by atoms with Crippen molar-refractivity contribution in [2.45, 2.75) is 13.3 Å². The number of nitrogens with one attached hydrogen (secondary N) is 1. The molecule has 0 saturated carbocycles. The van der Waals surface area contributed by atoms with Gasteiger partial charge in [0.1, 0.15) is 17.2 Å². The number of anilines is 1. The number of hydrogen-bond donors (Lipinski definition) is 2. The molecule has 0 radical (unpaired) electrons. The molecule has 4 aromatic rings. The highest BCUT2D eigenvalue weighted by Gasteiger charge is 2.25. The smallest absolute Gasteiger partial charge is 0.294 e. The first-order valence-electron chi connectivity index (χ1n) is 9.31. The van der Waals surface area contributed by atoms with Gasteiger partial charge in [-0.2, -0.15) is 9.78 Å². The van der Waals surface area contributed by atoms with Crippen LogP contribution in [0.15, 0.2) is 56.8 Å². The summed E-state index contributed by atoms with van der Waals surface area (Å²) in [6, 6.07) is 10.5. The molecule has 1 amide bonds. The number of rotatable bonds is 8. The van der Waals surface area contributed by atoms with E-state index >= 15 is 0 Å². The van der Waals surface area contributed by atoms with Crippen molar-refractivity contribution in [3.63, 3.8) is 0 Å². The van der Waals surface area contributed by atoms with Crippen molar-refractivity contribution >= 4 is 17.9 Å². The number of furan rings is 1. The summed E-state index contributed by atoms with van der Waals surface area (Å²) in [6.07, 6.45) is 3.75. The summed E-state index contributed by atoms with van der Waals surface area (Å²) in [6.45, 7) is 2.62. The molecule has 12 heteroatoms. The van der Waals surface area contributed by atoms with Crippen molar-refractivity contribution < 1.29 is 18.6 Å². The molecule has 0 spiro atoms. The summed E-state index contributed by atoms with van der Waals surface area (Å²) in [5, 5.41) is 19.2. The SMILES string of the molecule is CCCOc1ccc(-c2c(C(=O)N/N=C\c3ccco3)nnn2-c2nonc2N)cc1. The fourth-order valence-electron chi connectivity index (χ4n) is 2.68. The summed E-state index contributed by atoms with van der Waals surface area (Å²) in [7, 11) is 0. The van der Waals surface area contributed by atoms with E-state index in [2.05, 4.69) is 35.8 Å². The fraction of sp³-hybridized carbons (Fsp3) is 0.158. The van der Waals surface area contributed by atoms with Crippen LogP contribution in [0.4, 0.5) is 5.82 Å². The average molecular weight is 422 g/mol. The van der Waals surface area contributed by atoms with Gasteiger partial charge in [0.05, 0.1) is 19.1 Å². The van der Waals surface area contributed by atoms with Gasteiger partial charge in [-0.05, 0) is 53.1 Å². The van der Waals surface area contributed by atoms with Gasteiger partial charge < -0.3 is 14.9 Å². The minimum Gasteiger partial charge on any atom is -0.494 e. The number of benzene rings is 1. The molecular formula is C19H18N8O4. The number of aromatic nitrogens is 5. The third-order valence-electron chi connectivity index (χ3n) is 4.08. The summed E-state index contributed by atoms with van der Waals surface area (Å²) in [5.41, 5.74) is 9.16. The zero-order valence-corrected chi connectivity index (χ0v) is 16.4. The molecule has 0 saturated heterocycles. The molecule has 0 bridgehead atoms. The van der Waals surface area contributed by atoms with Crippen molar-refractivity contribution in [2.75, 3.05) is 12.3 Å². The number of amides is 1. The van der Waals surface area contributed by atoms with Gasteiger partial charge in [0.2, 0.25) is 11.6 Å². The average Bonchev–Trinajstić information content (AvgIpc) is 3.53. The molecule has 4 rings (SSSR count). The lowest BCUT2D eigenvalue weighted by molar-refractivity contribution is 0.0950. The number of nitrogens with two attached hydrogens (primary N) is 1. The largest absolute Gasteiger partial charge is 0.494 e. The van der Waals surface area contributed by atoms with Crippen molar-refractivity contribution in [3.8, 4) is 22.8 Å². The standard InChI is InChI=1S/C19H18N8O4/c1-2-9-29-13-7-5-12(6-8-13)16-15(19(28)23-21-11-14-4-3-10-30-14)22-26-27(16)18-17(20)24-31-25-18/h3-8,10-11H,2,9H2,1H3,(H2,20,24)(H,23,28)/b21-11-. The first kappa shape index (κ1) is 19.8. The monoisotopic (exact) mass is 422 g/mol. The molecule has 3 heterocycles. The molecule has 0 fully saturated rings. The summed E-state index contributed by atoms with van der Waals surface area (Å²) in [5.74, 6) is 0.684. The van der Waals surface area contributed by atoms with Crippen LogP contribution in [0, 0.1) is 0 Å². The molecule has 3 N–H and O–H groups in total. The Balaban J connectivity index is 1.68. The normalized spacial score (nSPS) is 11.1. The Morgan fingerprint density at radius 1 is 1.29 bits per heavy atom. The highest BCUT2D eigenvalue weighted by Crippen LogP contribution is 2.28. The Morgan fingerprint density at radius 2 is 2.13 bits per heavy atom. The molecule has 3 aromatic heterocycles. The molecule has 0 unspecified atom stereocenters. The molecule has 0 aliphatic carbocycles. The third-order valence-corrected chi connectivity index (χ3v) is 4.08. The first-order valence-corrected chi connectivity index (χ1v) is 9.31. The molecule has 0 atom stereocenters. The molecule has 0 aliphatic rings. The van der Waals surface area contributed by atoms with Crippen LogP contribution >= 0.6 is 0 Å². The van der Waals surface area contributed by atoms with Crippen LogP contribution in [0.3, 0.4) is 0 Å². The summed E-state index contributed by atoms with van der Waals surface area (Å²) >= 11 is 0. The quantitative estimate of drug-likeness (QED) is 0.320. The highest BCUT2D eigenvalue weighted by molar-refractivity contribution is 5.98.